The second kappa shape index (κ2) is 9.10. The first-order valence-electron chi connectivity index (χ1n) is 10.6. The Morgan fingerprint density at radius 1 is 1.00 bits per heavy atom. The molecule has 1 aliphatic heterocycles. The molecule has 0 aromatic heterocycles. The molecule has 2 fully saturated rings. The van der Waals surface area contributed by atoms with Crippen molar-refractivity contribution in [3.8, 4) is 0 Å². The first kappa shape index (κ1) is 22.6. The molecule has 1 atom stereocenters. The van der Waals surface area contributed by atoms with E-state index >= 15 is 0 Å². The van der Waals surface area contributed by atoms with E-state index in [0.29, 0.717) is 18.8 Å². The number of carbonyl (C=O) groups is 1. The molecule has 1 amide bonds. The van der Waals surface area contributed by atoms with Gasteiger partial charge in [-0.3, -0.25) is 4.79 Å². The van der Waals surface area contributed by atoms with E-state index in [4.69, 9.17) is 23.2 Å². The SMILES string of the molecule is Cc1ccc([C@H](NC(=O)C2CCN(S(=O)(=O)c3c(Cl)cccc3Cl)CC2)C2CC2)cc1. The quantitative estimate of drug-likeness (QED) is 0.634. The molecular weight excluding hydrogens is 455 g/mol. The number of piperidine rings is 1. The number of nitrogens with one attached hydrogen (secondary N) is 1. The van der Waals surface area contributed by atoms with Gasteiger partial charge >= 0.3 is 0 Å². The lowest BCUT2D eigenvalue weighted by Crippen LogP contribution is -2.44. The van der Waals surface area contributed by atoms with E-state index in [2.05, 4.69) is 29.6 Å². The van der Waals surface area contributed by atoms with E-state index in [1.165, 1.54) is 22.0 Å². The molecular formula is C23H26Cl2N2O3S. The van der Waals surface area contributed by atoms with Crippen LogP contribution in [-0.4, -0.2) is 31.7 Å². The van der Waals surface area contributed by atoms with Gasteiger partial charge in [-0.1, -0.05) is 59.1 Å². The van der Waals surface area contributed by atoms with Crippen LogP contribution in [-0.2, 0) is 14.8 Å². The predicted octanol–water partition coefficient (Wildman–Crippen LogP) is 4.97. The summed E-state index contributed by atoms with van der Waals surface area (Å²) in [5.74, 6) is 0.277. The van der Waals surface area contributed by atoms with E-state index in [-0.39, 0.29) is 45.9 Å². The Morgan fingerprint density at radius 2 is 1.58 bits per heavy atom. The molecule has 1 saturated carbocycles. The van der Waals surface area contributed by atoms with Gasteiger partial charge in [-0.05, 0) is 56.2 Å². The Balaban J connectivity index is 1.41. The van der Waals surface area contributed by atoms with Crippen LogP contribution in [0.2, 0.25) is 10.0 Å². The van der Waals surface area contributed by atoms with Crippen LogP contribution >= 0.6 is 23.2 Å². The molecule has 166 valence electrons. The van der Waals surface area contributed by atoms with Crippen LogP contribution in [0.1, 0.15) is 42.9 Å². The third-order valence-electron chi connectivity index (χ3n) is 6.17. The average Bonchev–Trinajstić information content (AvgIpc) is 3.58. The number of sulfonamides is 1. The fourth-order valence-corrected chi connectivity index (χ4v) is 6.73. The first-order chi connectivity index (χ1) is 14.8. The van der Waals surface area contributed by atoms with Gasteiger partial charge in [0.15, 0.2) is 0 Å². The van der Waals surface area contributed by atoms with Gasteiger partial charge < -0.3 is 5.32 Å². The zero-order valence-corrected chi connectivity index (χ0v) is 19.7. The number of aryl methyl sites for hydroxylation is 1. The van der Waals surface area contributed by atoms with Crippen molar-refractivity contribution in [3.63, 3.8) is 0 Å². The fourth-order valence-electron chi connectivity index (χ4n) is 4.16. The first-order valence-corrected chi connectivity index (χ1v) is 12.8. The third-order valence-corrected chi connectivity index (χ3v) is 9.02. The molecule has 5 nitrogen and oxygen atoms in total. The molecule has 0 bridgehead atoms. The minimum Gasteiger partial charge on any atom is -0.349 e. The van der Waals surface area contributed by atoms with Crippen molar-refractivity contribution in [1.82, 2.24) is 9.62 Å². The fraction of sp³-hybridized carbons (Fsp3) is 0.435. The standard InChI is InChI=1S/C23H26Cl2N2O3S/c1-15-5-7-16(8-6-15)21(17-9-10-17)26-23(28)18-11-13-27(14-12-18)31(29,30)22-19(24)3-2-4-20(22)25/h2-8,17-18,21H,9-14H2,1H3,(H,26,28)/t21-/m0/s1. The van der Waals surface area contributed by atoms with Crippen molar-refractivity contribution in [1.29, 1.82) is 0 Å². The van der Waals surface area contributed by atoms with Crippen LogP contribution in [0.5, 0.6) is 0 Å². The number of carbonyl (C=O) groups excluding carboxylic acids is 1. The van der Waals surface area contributed by atoms with Crippen LogP contribution in [0, 0.1) is 18.8 Å². The van der Waals surface area contributed by atoms with Crippen LogP contribution < -0.4 is 5.32 Å². The Hall–Kier alpha value is -1.60. The van der Waals surface area contributed by atoms with E-state index in [0.717, 1.165) is 18.4 Å². The summed E-state index contributed by atoms with van der Waals surface area (Å²) in [6.45, 7) is 2.58. The van der Waals surface area contributed by atoms with E-state index < -0.39 is 10.0 Å². The largest absolute Gasteiger partial charge is 0.349 e. The number of halogens is 2. The Kier molecular flexibility index (Phi) is 6.63. The lowest BCUT2D eigenvalue weighted by atomic mass is 9.95. The van der Waals surface area contributed by atoms with Gasteiger partial charge in [0.25, 0.3) is 0 Å². The molecule has 8 heteroatoms. The molecule has 0 unspecified atom stereocenters. The molecule has 2 aromatic rings. The minimum absolute atomic E-state index is 0.00491. The van der Waals surface area contributed by atoms with Crippen molar-refractivity contribution in [2.24, 2.45) is 11.8 Å². The van der Waals surface area contributed by atoms with Crippen molar-refractivity contribution in [3.05, 3.63) is 63.6 Å². The number of nitrogens with zero attached hydrogens (tertiary/aromatic N) is 1. The summed E-state index contributed by atoms with van der Waals surface area (Å²) >= 11 is 12.2. The third kappa shape index (κ3) is 4.92. The molecule has 1 N–H and O–H groups in total. The molecule has 2 aromatic carbocycles. The summed E-state index contributed by atoms with van der Waals surface area (Å²) in [6, 6.07) is 13.0. The van der Waals surface area contributed by atoms with Crippen LogP contribution in [0.15, 0.2) is 47.4 Å². The average molecular weight is 481 g/mol. The highest BCUT2D eigenvalue weighted by Gasteiger charge is 2.37. The number of rotatable bonds is 6. The smallest absolute Gasteiger partial charge is 0.246 e. The maximum Gasteiger partial charge on any atom is 0.246 e. The van der Waals surface area contributed by atoms with Crippen LogP contribution in [0.3, 0.4) is 0 Å². The molecule has 2 aliphatic rings. The summed E-state index contributed by atoms with van der Waals surface area (Å²) in [4.78, 5) is 12.9. The molecule has 4 rings (SSSR count). The van der Waals surface area contributed by atoms with Crippen molar-refractivity contribution >= 4 is 39.1 Å². The summed E-state index contributed by atoms with van der Waals surface area (Å²) in [5, 5.41) is 3.46. The zero-order valence-electron chi connectivity index (χ0n) is 17.4. The molecule has 0 radical (unpaired) electrons. The molecule has 31 heavy (non-hydrogen) atoms. The molecule has 1 aliphatic carbocycles. The molecule has 1 heterocycles. The normalized spacial score (nSPS) is 19.2. The monoisotopic (exact) mass is 480 g/mol. The topological polar surface area (TPSA) is 66.5 Å². The highest BCUT2D eigenvalue weighted by molar-refractivity contribution is 7.89. The highest BCUT2D eigenvalue weighted by Crippen LogP contribution is 2.41. The van der Waals surface area contributed by atoms with Crippen molar-refractivity contribution in [2.45, 2.75) is 43.5 Å². The Labute approximate surface area is 193 Å². The lowest BCUT2D eigenvalue weighted by molar-refractivity contribution is -0.127. The van der Waals surface area contributed by atoms with Gasteiger partial charge in [-0.25, -0.2) is 8.42 Å². The second-order valence-electron chi connectivity index (χ2n) is 8.46. The summed E-state index contributed by atoms with van der Waals surface area (Å²) in [7, 11) is -3.81. The highest BCUT2D eigenvalue weighted by atomic mass is 35.5. The maximum atomic E-state index is 13.0. The molecule has 0 spiro atoms. The van der Waals surface area contributed by atoms with E-state index in [1.54, 1.807) is 6.07 Å². The summed E-state index contributed by atoms with van der Waals surface area (Å²) < 4.78 is 27.5. The number of amides is 1. The van der Waals surface area contributed by atoms with E-state index in [1.807, 2.05) is 6.92 Å². The predicted molar refractivity (Wildman–Crippen MR) is 123 cm³/mol. The van der Waals surface area contributed by atoms with Gasteiger partial charge in [-0.15, -0.1) is 0 Å². The van der Waals surface area contributed by atoms with Gasteiger partial charge in [-0.2, -0.15) is 4.31 Å². The van der Waals surface area contributed by atoms with Crippen molar-refractivity contribution in [2.75, 3.05) is 13.1 Å². The number of hydrogen-bond acceptors (Lipinski definition) is 3. The molecule has 1 saturated heterocycles. The summed E-state index contributed by atoms with van der Waals surface area (Å²) in [5.41, 5.74) is 2.33. The van der Waals surface area contributed by atoms with Gasteiger partial charge in [0.1, 0.15) is 4.90 Å². The van der Waals surface area contributed by atoms with Gasteiger partial charge in [0.2, 0.25) is 15.9 Å². The second-order valence-corrected chi connectivity index (χ2v) is 11.2. The number of benzene rings is 2. The van der Waals surface area contributed by atoms with Crippen LogP contribution in [0.25, 0.3) is 0 Å². The number of hydrogen-bond donors (Lipinski definition) is 1. The lowest BCUT2D eigenvalue weighted by Gasteiger charge is -2.32. The van der Waals surface area contributed by atoms with Crippen molar-refractivity contribution < 1.29 is 13.2 Å². The van der Waals surface area contributed by atoms with E-state index in [9.17, 15) is 13.2 Å². The maximum absolute atomic E-state index is 13.0. The van der Waals surface area contributed by atoms with Crippen LogP contribution in [0.4, 0.5) is 0 Å². The zero-order chi connectivity index (χ0) is 22.2. The Morgan fingerprint density at radius 3 is 2.13 bits per heavy atom. The minimum atomic E-state index is -3.81. The van der Waals surface area contributed by atoms with Gasteiger partial charge in [0.05, 0.1) is 16.1 Å². The van der Waals surface area contributed by atoms with Gasteiger partial charge in [0, 0.05) is 19.0 Å². The Bertz CT molecular complexity index is 1040. The summed E-state index contributed by atoms with van der Waals surface area (Å²) in [6.07, 6.45) is 3.18.